The molecule has 22 heavy (non-hydrogen) atoms. The van der Waals surface area contributed by atoms with Crippen molar-refractivity contribution in [1.82, 2.24) is 24.4 Å². The van der Waals surface area contributed by atoms with Gasteiger partial charge in [0.15, 0.2) is 0 Å². The van der Waals surface area contributed by atoms with Gasteiger partial charge in [0.1, 0.15) is 5.69 Å². The number of nitrogens with zero attached hydrogens (tertiary/aromatic N) is 5. The molecule has 3 heterocycles. The molecule has 0 bridgehead atoms. The molecule has 1 aliphatic rings. The highest BCUT2D eigenvalue weighted by Crippen LogP contribution is 2.25. The van der Waals surface area contributed by atoms with Crippen LogP contribution >= 0.6 is 0 Å². The second-order valence-electron chi connectivity index (χ2n) is 5.89. The Kier molecular flexibility index (Phi) is 4.18. The van der Waals surface area contributed by atoms with Crippen molar-refractivity contribution in [2.24, 2.45) is 13.0 Å². The first-order chi connectivity index (χ1) is 10.6. The lowest BCUT2D eigenvalue weighted by atomic mass is 9.91. The number of piperidine rings is 1. The van der Waals surface area contributed by atoms with Gasteiger partial charge >= 0.3 is 0 Å². The predicted molar refractivity (Wildman–Crippen MR) is 82.9 cm³/mol. The van der Waals surface area contributed by atoms with Crippen LogP contribution in [0.1, 0.15) is 25.5 Å². The lowest BCUT2D eigenvalue weighted by Crippen LogP contribution is -2.37. The molecular formula is C16H21N5O. The third-order valence-electron chi connectivity index (χ3n) is 4.38. The molecule has 2 aromatic rings. The average Bonchev–Trinajstić information content (AvgIpc) is 2.94. The van der Waals surface area contributed by atoms with Crippen molar-refractivity contribution in [2.75, 3.05) is 13.1 Å². The van der Waals surface area contributed by atoms with Crippen LogP contribution in [0.3, 0.4) is 0 Å². The second kappa shape index (κ2) is 6.25. The van der Waals surface area contributed by atoms with Gasteiger partial charge in [-0.05, 0) is 25.2 Å². The third kappa shape index (κ3) is 3.00. The van der Waals surface area contributed by atoms with E-state index in [1.807, 2.05) is 22.7 Å². The molecule has 0 atom stereocenters. The monoisotopic (exact) mass is 299 g/mol. The van der Waals surface area contributed by atoms with E-state index in [4.69, 9.17) is 0 Å². The van der Waals surface area contributed by atoms with Crippen LogP contribution < -0.4 is 0 Å². The molecule has 6 heteroatoms. The summed E-state index contributed by atoms with van der Waals surface area (Å²) >= 11 is 0. The summed E-state index contributed by atoms with van der Waals surface area (Å²) in [5.74, 6) is 0.729. The van der Waals surface area contributed by atoms with Crippen LogP contribution in [0.25, 0.3) is 11.4 Å². The first-order valence-electron chi connectivity index (χ1n) is 7.67. The summed E-state index contributed by atoms with van der Waals surface area (Å²) in [6.45, 7) is 3.34. The van der Waals surface area contributed by atoms with Crippen LogP contribution in [-0.4, -0.2) is 43.4 Å². The van der Waals surface area contributed by atoms with E-state index in [1.54, 1.807) is 25.6 Å². The molecule has 0 spiro atoms. The standard InChI is InChI=1S/C16H21N5O/c1-12(22)21-7-3-13(4-8-21)9-14-16(19-6-5-18-14)15-10-17-11-20(15)2/h5-6,10-11,13H,3-4,7-9H2,1-2H3. The first-order valence-corrected chi connectivity index (χ1v) is 7.67. The van der Waals surface area contributed by atoms with Gasteiger partial charge in [-0.25, -0.2) is 4.98 Å². The second-order valence-corrected chi connectivity index (χ2v) is 5.89. The number of carbonyl (C=O) groups excluding carboxylic acids is 1. The maximum atomic E-state index is 11.4. The summed E-state index contributed by atoms with van der Waals surface area (Å²) in [6, 6.07) is 0. The Bertz CT molecular complexity index is 658. The summed E-state index contributed by atoms with van der Waals surface area (Å²) in [4.78, 5) is 26.5. The molecule has 0 unspecified atom stereocenters. The molecule has 2 aromatic heterocycles. The fourth-order valence-corrected chi connectivity index (χ4v) is 3.04. The van der Waals surface area contributed by atoms with Crippen molar-refractivity contribution in [2.45, 2.75) is 26.2 Å². The predicted octanol–water partition coefficient (Wildman–Crippen LogP) is 1.68. The SMILES string of the molecule is CC(=O)N1CCC(Cc2nccnc2-c2cncn2C)CC1. The smallest absolute Gasteiger partial charge is 0.219 e. The molecule has 0 saturated carbocycles. The van der Waals surface area contributed by atoms with E-state index < -0.39 is 0 Å². The molecule has 1 fully saturated rings. The average molecular weight is 299 g/mol. The lowest BCUT2D eigenvalue weighted by Gasteiger charge is -2.31. The van der Waals surface area contributed by atoms with Crippen LogP contribution in [-0.2, 0) is 18.3 Å². The van der Waals surface area contributed by atoms with Gasteiger partial charge in [-0.3, -0.25) is 14.8 Å². The summed E-state index contributed by atoms with van der Waals surface area (Å²) in [7, 11) is 1.96. The van der Waals surface area contributed by atoms with Crippen LogP contribution in [0.15, 0.2) is 24.9 Å². The van der Waals surface area contributed by atoms with Crippen LogP contribution in [0.2, 0.25) is 0 Å². The van der Waals surface area contributed by atoms with Crippen LogP contribution in [0, 0.1) is 5.92 Å². The van der Waals surface area contributed by atoms with Crippen molar-refractivity contribution in [3.05, 3.63) is 30.6 Å². The van der Waals surface area contributed by atoms with E-state index in [-0.39, 0.29) is 5.91 Å². The molecule has 116 valence electrons. The van der Waals surface area contributed by atoms with Crippen molar-refractivity contribution in [1.29, 1.82) is 0 Å². The number of aryl methyl sites for hydroxylation is 1. The summed E-state index contributed by atoms with van der Waals surface area (Å²) < 4.78 is 1.96. The third-order valence-corrected chi connectivity index (χ3v) is 4.38. The van der Waals surface area contributed by atoms with E-state index in [9.17, 15) is 4.79 Å². The maximum absolute atomic E-state index is 11.4. The number of hydrogen-bond donors (Lipinski definition) is 0. The van der Waals surface area contributed by atoms with Gasteiger partial charge in [0, 0.05) is 39.5 Å². The van der Waals surface area contributed by atoms with Gasteiger partial charge in [0.05, 0.1) is 23.9 Å². The quantitative estimate of drug-likeness (QED) is 0.865. The number of aromatic nitrogens is 4. The van der Waals surface area contributed by atoms with Gasteiger partial charge in [-0.2, -0.15) is 0 Å². The molecular weight excluding hydrogens is 278 g/mol. The fourth-order valence-electron chi connectivity index (χ4n) is 3.04. The summed E-state index contributed by atoms with van der Waals surface area (Å²) in [5.41, 5.74) is 2.92. The Morgan fingerprint density at radius 3 is 2.64 bits per heavy atom. The zero-order chi connectivity index (χ0) is 15.5. The molecule has 0 N–H and O–H groups in total. The number of imidazole rings is 1. The Hall–Kier alpha value is -2.24. The molecule has 1 amide bonds. The zero-order valence-electron chi connectivity index (χ0n) is 13.1. The van der Waals surface area contributed by atoms with Crippen LogP contribution in [0.5, 0.6) is 0 Å². The number of hydrogen-bond acceptors (Lipinski definition) is 4. The van der Waals surface area contributed by atoms with Gasteiger partial charge in [-0.15, -0.1) is 0 Å². The number of carbonyl (C=O) groups is 1. The van der Waals surface area contributed by atoms with Crippen molar-refractivity contribution < 1.29 is 4.79 Å². The summed E-state index contributed by atoms with van der Waals surface area (Å²) in [6.07, 6.45) is 10.0. The minimum absolute atomic E-state index is 0.175. The molecule has 0 aliphatic carbocycles. The molecule has 0 radical (unpaired) electrons. The molecule has 0 aromatic carbocycles. The summed E-state index contributed by atoms with van der Waals surface area (Å²) in [5, 5.41) is 0. The Morgan fingerprint density at radius 2 is 2.00 bits per heavy atom. The minimum Gasteiger partial charge on any atom is -0.343 e. The van der Waals surface area contributed by atoms with Gasteiger partial charge in [0.2, 0.25) is 5.91 Å². The molecule has 3 rings (SSSR count). The minimum atomic E-state index is 0.175. The van der Waals surface area contributed by atoms with E-state index in [1.165, 1.54) is 0 Å². The van der Waals surface area contributed by atoms with E-state index in [0.717, 1.165) is 49.4 Å². The first kappa shape index (κ1) is 14.7. The molecule has 1 saturated heterocycles. The highest BCUT2D eigenvalue weighted by Gasteiger charge is 2.23. The topological polar surface area (TPSA) is 63.9 Å². The number of likely N-dealkylation sites (tertiary alicyclic amines) is 1. The van der Waals surface area contributed by atoms with Gasteiger partial charge < -0.3 is 9.47 Å². The van der Waals surface area contributed by atoms with E-state index in [2.05, 4.69) is 15.0 Å². The highest BCUT2D eigenvalue weighted by molar-refractivity contribution is 5.73. The number of rotatable bonds is 3. The van der Waals surface area contributed by atoms with Gasteiger partial charge in [-0.1, -0.05) is 0 Å². The zero-order valence-corrected chi connectivity index (χ0v) is 13.1. The Labute approximate surface area is 130 Å². The maximum Gasteiger partial charge on any atom is 0.219 e. The van der Waals surface area contributed by atoms with Crippen molar-refractivity contribution >= 4 is 5.91 Å². The van der Waals surface area contributed by atoms with Crippen molar-refractivity contribution in [3.63, 3.8) is 0 Å². The van der Waals surface area contributed by atoms with Crippen LogP contribution in [0.4, 0.5) is 0 Å². The normalized spacial score (nSPS) is 16.0. The lowest BCUT2D eigenvalue weighted by molar-refractivity contribution is -0.130. The molecule has 6 nitrogen and oxygen atoms in total. The Morgan fingerprint density at radius 1 is 1.27 bits per heavy atom. The van der Waals surface area contributed by atoms with Gasteiger partial charge in [0.25, 0.3) is 0 Å². The molecule has 1 aliphatic heterocycles. The number of amides is 1. The Balaban J connectivity index is 1.74. The fraction of sp³-hybridized carbons (Fsp3) is 0.500. The largest absolute Gasteiger partial charge is 0.343 e. The van der Waals surface area contributed by atoms with E-state index >= 15 is 0 Å². The van der Waals surface area contributed by atoms with Crippen molar-refractivity contribution in [3.8, 4) is 11.4 Å². The highest BCUT2D eigenvalue weighted by atomic mass is 16.2. The van der Waals surface area contributed by atoms with E-state index in [0.29, 0.717) is 5.92 Å².